The van der Waals surface area contributed by atoms with Crippen LogP contribution in [-0.4, -0.2) is 78.1 Å². The van der Waals surface area contributed by atoms with E-state index < -0.39 is 48.3 Å². The van der Waals surface area contributed by atoms with Gasteiger partial charge in [-0.3, -0.25) is 19.2 Å². The van der Waals surface area contributed by atoms with Crippen molar-refractivity contribution in [1.82, 2.24) is 21.3 Å². The summed E-state index contributed by atoms with van der Waals surface area (Å²) < 4.78 is 0. The summed E-state index contributed by atoms with van der Waals surface area (Å²) in [5, 5.41) is 30.8. The largest absolute Gasteiger partial charge is 0.481 e. The van der Waals surface area contributed by atoms with Gasteiger partial charge in [0.15, 0.2) is 6.04 Å². The van der Waals surface area contributed by atoms with E-state index in [1.165, 1.54) is 5.56 Å². The highest BCUT2D eigenvalue weighted by atomic mass is 16.4. The van der Waals surface area contributed by atoms with E-state index in [-0.39, 0.29) is 38.6 Å². The number of hydrogen-bond donors (Lipinski definition) is 6. The number of aryl methyl sites for hydroxylation is 1. The van der Waals surface area contributed by atoms with Gasteiger partial charge in [0.2, 0.25) is 17.7 Å². The van der Waals surface area contributed by atoms with E-state index >= 15 is 0 Å². The number of rotatable bonds is 21. The second-order valence-electron chi connectivity index (χ2n) is 8.66. The first-order valence-corrected chi connectivity index (χ1v) is 12.6. The molecule has 0 saturated heterocycles. The smallest absolute Gasteiger partial charge is 0.326 e. The fourth-order valence-electron chi connectivity index (χ4n) is 3.45. The maximum absolute atomic E-state index is 12.1. The van der Waals surface area contributed by atoms with E-state index in [0.29, 0.717) is 6.54 Å². The maximum Gasteiger partial charge on any atom is 0.326 e. The van der Waals surface area contributed by atoms with Crippen LogP contribution in [0.4, 0.5) is 0 Å². The first-order chi connectivity index (χ1) is 18.2. The average Bonchev–Trinajstić information content (AvgIpc) is 2.88. The van der Waals surface area contributed by atoms with Crippen molar-refractivity contribution in [3.8, 4) is 0 Å². The van der Waals surface area contributed by atoms with E-state index in [0.717, 1.165) is 25.8 Å². The van der Waals surface area contributed by atoms with Crippen molar-refractivity contribution in [3.05, 3.63) is 40.8 Å². The molecule has 0 fully saturated rings. The molecule has 0 saturated carbocycles. The van der Waals surface area contributed by atoms with Crippen LogP contribution in [0.25, 0.3) is 0 Å². The third-order valence-corrected chi connectivity index (χ3v) is 5.54. The number of nitroso groups, excluding NO2 is 1. The second kappa shape index (κ2) is 19.3. The maximum atomic E-state index is 12.1. The highest BCUT2D eigenvalue weighted by Crippen LogP contribution is 2.04. The first kappa shape index (κ1) is 32.2. The number of amides is 3. The molecule has 1 aromatic rings. The molecular formula is C25H37N5O8. The summed E-state index contributed by atoms with van der Waals surface area (Å²) in [6.45, 7) is 0.643. The van der Waals surface area contributed by atoms with Crippen LogP contribution in [0.5, 0.6) is 0 Å². The van der Waals surface area contributed by atoms with Crippen molar-refractivity contribution in [1.29, 1.82) is 0 Å². The molecule has 0 aliphatic carbocycles. The molecule has 0 aromatic heterocycles. The van der Waals surface area contributed by atoms with Crippen LogP contribution in [0.3, 0.4) is 0 Å². The molecule has 0 bridgehead atoms. The minimum Gasteiger partial charge on any atom is -0.481 e. The average molecular weight is 536 g/mol. The summed E-state index contributed by atoms with van der Waals surface area (Å²) in [7, 11) is 0. The zero-order chi connectivity index (χ0) is 28.2. The quantitative estimate of drug-likeness (QED) is 0.0960. The topological polar surface area (TPSA) is 203 Å². The van der Waals surface area contributed by atoms with Crippen molar-refractivity contribution in [2.45, 2.75) is 63.5 Å². The van der Waals surface area contributed by atoms with E-state index in [4.69, 9.17) is 5.11 Å². The van der Waals surface area contributed by atoms with Gasteiger partial charge in [-0.05, 0) is 57.2 Å². The standard InChI is InChI=1S/C25H37N5O8/c31-21(10-6-11-23(33)34)29-20(25(36)37)13-16-27-22(32)17-28-24(35)19(30-38)12-15-26-14-5-4-9-18-7-2-1-3-8-18/h1-3,7-8,19-20,26H,4-6,9-17H2,(H,27,32)(H,28,35)(H,29,31)(H,33,34)(H,36,37)/t19-,20+/m0/s1. The molecule has 0 aliphatic heterocycles. The van der Waals surface area contributed by atoms with Crippen LogP contribution in [0.2, 0.25) is 0 Å². The number of nitrogens with one attached hydrogen (secondary N) is 4. The summed E-state index contributed by atoms with van der Waals surface area (Å²) in [4.78, 5) is 68.7. The Morgan fingerprint density at radius 1 is 0.816 bits per heavy atom. The normalized spacial score (nSPS) is 12.1. The van der Waals surface area contributed by atoms with E-state index in [1.807, 2.05) is 18.2 Å². The van der Waals surface area contributed by atoms with Gasteiger partial charge in [-0.25, -0.2) is 4.79 Å². The zero-order valence-corrected chi connectivity index (χ0v) is 21.3. The van der Waals surface area contributed by atoms with E-state index in [1.54, 1.807) is 0 Å². The molecule has 13 nitrogen and oxygen atoms in total. The molecule has 210 valence electrons. The first-order valence-electron chi connectivity index (χ1n) is 12.6. The molecule has 0 heterocycles. The monoisotopic (exact) mass is 535 g/mol. The number of nitrogens with zero attached hydrogens (tertiary/aromatic N) is 1. The molecule has 3 amide bonds. The molecule has 0 radical (unpaired) electrons. The van der Waals surface area contributed by atoms with Crippen LogP contribution in [0, 0.1) is 4.91 Å². The summed E-state index contributed by atoms with van der Waals surface area (Å²) in [5.74, 6) is -4.25. The SMILES string of the molecule is O=N[C@@H](CCNCCCCc1ccccc1)C(=O)NCC(=O)NCC[C@@H](NC(=O)CCCC(=O)O)C(=O)O. The summed E-state index contributed by atoms with van der Waals surface area (Å²) in [6.07, 6.45) is 2.73. The van der Waals surface area contributed by atoms with Crippen LogP contribution in [0.15, 0.2) is 35.5 Å². The summed E-state index contributed by atoms with van der Waals surface area (Å²) in [5.41, 5.74) is 1.27. The molecule has 0 spiro atoms. The number of unbranched alkanes of at least 4 members (excludes halogenated alkanes) is 1. The Morgan fingerprint density at radius 3 is 2.21 bits per heavy atom. The van der Waals surface area contributed by atoms with E-state index in [2.05, 4.69) is 38.6 Å². The molecule has 38 heavy (non-hydrogen) atoms. The Morgan fingerprint density at radius 2 is 1.55 bits per heavy atom. The predicted molar refractivity (Wildman–Crippen MR) is 138 cm³/mol. The number of benzene rings is 1. The van der Waals surface area contributed by atoms with Gasteiger partial charge in [-0.1, -0.05) is 35.5 Å². The van der Waals surface area contributed by atoms with Crippen molar-refractivity contribution >= 4 is 29.7 Å². The summed E-state index contributed by atoms with van der Waals surface area (Å²) >= 11 is 0. The molecule has 1 aromatic carbocycles. The van der Waals surface area contributed by atoms with Crippen molar-refractivity contribution in [2.75, 3.05) is 26.2 Å². The Bertz CT molecular complexity index is 912. The molecule has 2 atom stereocenters. The Labute approximate surface area is 221 Å². The summed E-state index contributed by atoms with van der Waals surface area (Å²) in [6, 6.07) is 7.72. The van der Waals surface area contributed by atoms with Gasteiger partial charge in [0.25, 0.3) is 0 Å². The van der Waals surface area contributed by atoms with Gasteiger partial charge in [-0.2, -0.15) is 0 Å². The number of carboxylic acid groups (broad SMARTS) is 2. The Hall–Kier alpha value is -3.87. The van der Waals surface area contributed by atoms with Gasteiger partial charge in [0, 0.05) is 19.4 Å². The van der Waals surface area contributed by atoms with Crippen molar-refractivity contribution < 1.29 is 34.2 Å². The molecule has 13 heteroatoms. The van der Waals surface area contributed by atoms with Gasteiger partial charge >= 0.3 is 11.9 Å². The molecule has 1 rings (SSSR count). The number of hydrogen-bond acceptors (Lipinski definition) is 8. The van der Waals surface area contributed by atoms with Crippen molar-refractivity contribution in [2.24, 2.45) is 5.18 Å². The Kier molecular flexibility index (Phi) is 16.3. The molecule has 0 aliphatic rings. The molecule has 0 unspecified atom stereocenters. The van der Waals surface area contributed by atoms with Crippen LogP contribution >= 0.6 is 0 Å². The lowest BCUT2D eigenvalue weighted by atomic mass is 10.1. The third-order valence-electron chi connectivity index (χ3n) is 5.54. The zero-order valence-electron chi connectivity index (χ0n) is 21.3. The number of carbonyl (C=O) groups excluding carboxylic acids is 3. The van der Waals surface area contributed by atoms with Gasteiger partial charge < -0.3 is 31.5 Å². The molecule has 6 N–H and O–H groups in total. The predicted octanol–water partition coefficient (Wildman–Crippen LogP) is 0.571. The van der Waals surface area contributed by atoms with E-state index in [9.17, 15) is 34.0 Å². The fourth-order valence-corrected chi connectivity index (χ4v) is 3.45. The van der Waals surface area contributed by atoms with Crippen molar-refractivity contribution in [3.63, 3.8) is 0 Å². The highest BCUT2D eigenvalue weighted by Gasteiger charge is 2.21. The minimum atomic E-state index is -1.30. The van der Waals surface area contributed by atoms with Gasteiger partial charge in [0.05, 0.1) is 6.54 Å². The van der Waals surface area contributed by atoms with Crippen LogP contribution in [0.1, 0.15) is 50.5 Å². The van der Waals surface area contributed by atoms with Gasteiger partial charge in [-0.15, -0.1) is 4.91 Å². The fraction of sp³-hybridized carbons (Fsp3) is 0.560. The highest BCUT2D eigenvalue weighted by molar-refractivity contribution is 5.87. The number of aliphatic carboxylic acids is 2. The van der Waals surface area contributed by atoms with Crippen LogP contribution < -0.4 is 21.3 Å². The Balaban J connectivity index is 2.20. The lowest BCUT2D eigenvalue weighted by Crippen LogP contribution is -2.45. The molecular weight excluding hydrogens is 498 g/mol. The second-order valence-corrected chi connectivity index (χ2v) is 8.66. The number of carboxylic acids is 2. The van der Waals surface area contributed by atoms with Gasteiger partial charge in [0.1, 0.15) is 6.04 Å². The number of carbonyl (C=O) groups is 5. The lowest BCUT2D eigenvalue weighted by molar-refractivity contribution is -0.142. The lowest BCUT2D eigenvalue weighted by Gasteiger charge is -2.15. The third kappa shape index (κ3) is 15.3. The minimum absolute atomic E-state index is 0.0748. The van der Waals surface area contributed by atoms with Crippen LogP contribution in [-0.2, 0) is 30.4 Å².